The van der Waals surface area contributed by atoms with Crippen molar-refractivity contribution in [1.82, 2.24) is 4.57 Å². The topological polar surface area (TPSA) is 22.0 Å². The van der Waals surface area contributed by atoms with E-state index in [9.17, 15) is 13.6 Å². The summed E-state index contributed by atoms with van der Waals surface area (Å²) in [5.74, 6) is 0. The molecule has 2 aromatic heterocycles. The van der Waals surface area contributed by atoms with Crippen molar-refractivity contribution in [3.8, 4) is 0 Å². The predicted molar refractivity (Wildman–Crippen MR) is 47.3 cm³/mol. The van der Waals surface area contributed by atoms with Gasteiger partial charge in [0.25, 0.3) is 5.56 Å². The summed E-state index contributed by atoms with van der Waals surface area (Å²) in [4.78, 5) is 11.3. The lowest BCUT2D eigenvalue weighted by molar-refractivity contribution is 0.0669. The Morgan fingerprint density at radius 3 is 2.85 bits per heavy atom. The molecule has 0 fully saturated rings. The van der Waals surface area contributed by atoms with Crippen LogP contribution in [0.4, 0.5) is 8.78 Å². The third kappa shape index (κ3) is 1.25. The van der Waals surface area contributed by atoms with Crippen molar-refractivity contribution >= 4 is 21.4 Å². The molecule has 0 saturated heterocycles. The number of nitrogens with zero attached hydrogens (tertiary/aromatic N) is 1. The molecule has 0 bridgehead atoms. The fourth-order valence-electron chi connectivity index (χ4n) is 1.14. The Morgan fingerprint density at radius 2 is 2.15 bits per heavy atom. The highest BCUT2D eigenvalue weighted by atomic mass is 32.1. The molecule has 0 saturated carbocycles. The van der Waals surface area contributed by atoms with Crippen LogP contribution >= 0.6 is 11.3 Å². The van der Waals surface area contributed by atoms with Gasteiger partial charge in [0, 0.05) is 10.9 Å². The molecule has 2 aromatic rings. The van der Waals surface area contributed by atoms with Crippen LogP contribution in [0.1, 0.15) is 6.55 Å². The van der Waals surface area contributed by atoms with Gasteiger partial charge >= 0.3 is 6.55 Å². The Bertz CT molecular complexity index is 488. The van der Waals surface area contributed by atoms with E-state index in [2.05, 4.69) is 0 Å². The zero-order valence-corrected chi connectivity index (χ0v) is 7.22. The van der Waals surface area contributed by atoms with Gasteiger partial charge in [0.15, 0.2) is 0 Å². The summed E-state index contributed by atoms with van der Waals surface area (Å²) in [7, 11) is 0. The molecule has 2 heterocycles. The summed E-state index contributed by atoms with van der Waals surface area (Å²) in [5.41, 5.74) is -0.631. The third-order valence-electron chi connectivity index (χ3n) is 1.76. The Labute approximate surface area is 76.0 Å². The van der Waals surface area contributed by atoms with Gasteiger partial charge in [-0.1, -0.05) is 0 Å². The lowest BCUT2D eigenvalue weighted by atomic mass is 10.3. The maximum Gasteiger partial charge on any atom is 0.321 e. The van der Waals surface area contributed by atoms with Crippen LogP contribution in [-0.2, 0) is 0 Å². The second-order valence-electron chi connectivity index (χ2n) is 2.50. The van der Waals surface area contributed by atoms with Crippen molar-refractivity contribution in [2.45, 2.75) is 6.55 Å². The van der Waals surface area contributed by atoms with Crippen molar-refractivity contribution < 1.29 is 8.78 Å². The molecule has 0 unspecified atom stereocenters. The van der Waals surface area contributed by atoms with Crippen molar-refractivity contribution in [3.05, 3.63) is 34.1 Å². The average molecular weight is 201 g/mol. The number of pyridine rings is 1. The first-order valence-electron chi connectivity index (χ1n) is 3.56. The minimum atomic E-state index is -2.77. The molecular weight excluding hydrogens is 196 g/mol. The highest BCUT2D eigenvalue weighted by molar-refractivity contribution is 7.17. The fraction of sp³-hybridized carbons (Fsp3) is 0.125. The van der Waals surface area contributed by atoms with Gasteiger partial charge in [0.05, 0.1) is 5.39 Å². The van der Waals surface area contributed by atoms with Crippen LogP contribution in [0.2, 0.25) is 0 Å². The molecule has 0 aliphatic carbocycles. The monoisotopic (exact) mass is 201 g/mol. The Kier molecular flexibility index (Phi) is 1.88. The Balaban J connectivity index is 2.81. The number of aromatic nitrogens is 1. The predicted octanol–water partition coefficient (Wildman–Crippen LogP) is 2.46. The number of rotatable bonds is 1. The van der Waals surface area contributed by atoms with Crippen LogP contribution in [-0.4, -0.2) is 4.57 Å². The van der Waals surface area contributed by atoms with Crippen molar-refractivity contribution in [1.29, 1.82) is 0 Å². The zero-order valence-electron chi connectivity index (χ0n) is 6.41. The largest absolute Gasteiger partial charge is 0.321 e. The molecule has 0 radical (unpaired) electrons. The molecule has 0 aliphatic rings. The van der Waals surface area contributed by atoms with E-state index in [1.807, 2.05) is 0 Å². The van der Waals surface area contributed by atoms with Gasteiger partial charge in [-0.3, -0.25) is 9.36 Å². The van der Waals surface area contributed by atoms with Crippen LogP contribution in [0, 0.1) is 0 Å². The van der Waals surface area contributed by atoms with Crippen molar-refractivity contribution in [2.75, 3.05) is 0 Å². The van der Waals surface area contributed by atoms with Gasteiger partial charge in [-0.2, -0.15) is 8.78 Å². The highest BCUT2D eigenvalue weighted by Crippen LogP contribution is 2.18. The third-order valence-corrected chi connectivity index (χ3v) is 2.64. The van der Waals surface area contributed by atoms with Gasteiger partial charge in [-0.25, -0.2) is 0 Å². The van der Waals surface area contributed by atoms with Crippen LogP contribution < -0.4 is 5.56 Å². The molecule has 0 N–H and O–H groups in total. The summed E-state index contributed by atoms with van der Waals surface area (Å²) in [6.45, 7) is -2.77. The molecule has 2 rings (SSSR count). The van der Waals surface area contributed by atoms with Gasteiger partial charge in [0.1, 0.15) is 0 Å². The van der Waals surface area contributed by atoms with E-state index in [4.69, 9.17) is 0 Å². The number of halogens is 2. The summed E-state index contributed by atoms with van der Waals surface area (Å²) in [6, 6.07) is 3.08. The zero-order chi connectivity index (χ0) is 9.42. The summed E-state index contributed by atoms with van der Waals surface area (Å²) < 4.78 is 25.6. The van der Waals surface area contributed by atoms with E-state index in [0.29, 0.717) is 9.95 Å². The molecular formula is C8H5F2NOS. The lowest BCUT2D eigenvalue weighted by Gasteiger charge is -2.02. The standard InChI is InChI=1S/C8H5F2NOS/c9-8(10)11-3-1-6-5(7(11)12)2-4-13-6/h1-4,8H. The molecule has 0 atom stereocenters. The van der Waals surface area contributed by atoms with Gasteiger partial charge in [-0.15, -0.1) is 11.3 Å². The number of alkyl halides is 2. The van der Waals surface area contributed by atoms with Gasteiger partial charge in [0.2, 0.25) is 0 Å². The first-order chi connectivity index (χ1) is 6.20. The number of fused-ring (bicyclic) bond motifs is 1. The van der Waals surface area contributed by atoms with E-state index in [0.717, 1.165) is 10.9 Å². The Morgan fingerprint density at radius 1 is 1.38 bits per heavy atom. The minimum absolute atomic E-state index is 0.354. The SMILES string of the molecule is O=c1c2ccsc2ccn1C(F)F. The minimum Gasteiger partial charge on any atom is -0.268 e. The second-order valence-corrected chi connectivity index (χ2v) is 3.45. The summed E-state index contributed by atoms with van der Waals surface area (Å²) in [5, 5.41) is 2.06. The van der Waals surface area contributed by atoms with Crippen LogP contribution in [0.3, 0.4) is 0 Å². The normalized spacial score (nSPS) is 11.3. The van der Waals surface area contributed by atoms with Crippen molar-refractivity contribution in [2.24, 2.45) is 0 Å². The molecule has 0 aromatic carbocycles. The quantitative estimate of drug-likeness (QED) is 0.694. The number of hydrogen-bond donors (Lipinski definition) is 0. The molecule has 2 nitrogen and oxygen atoms in total. The lowest BCUT2D eigenvalue weighted by Crippen LogP contribution is -2.19. The maximum absolute atomic E-state index is 12.2. The molecule has 13 heavy (non-hydrogen) atoms. The number of hydrogen-bond acceptors (Lipinski definition) is 2. The fourth-order valence-corrected chi connectivity index (χ4v) is 1.91. The van der Waals surface area contributed by atoms with Crippen LogP contribution in [0.5, 0.6) is 0 Å². The molecule has 0 aliphatic heterocycles. The van der Waals surface area contributed by atoms with E-state index < -0.39 is 12.1 Å². The summed E-state index contributed by atoms with van der Waals surface area (Å²) >= 11 is 1.36. The van der Waals surface area contributed by atoms with Crippen LogP contribution in [0.25, 0.3) is 10.1 Å². The second kappa shape index (κ2) is 2.92. The smallest absolute Gasteiger partial charge is 0.268 e. The van der Waals surface area contributed by atoms with Gasteiger partial charge in [-0.05, 0) is 17.5 Å². The first kappa shape index (κ1) is 8.37. The molecule has 0 spiro atoms. The van der Waals surface area contributed by atoms with E-state index in [-0.39, 0.29) is 0 Å². The van der Waals surface area contributed by atoms with Crippen LogP contribution in [0.15, 0.2) is 28.5 Å². The molecule has 5 heteroatoms. The first-order valence-corrected chi connectivity index (χ1v) is 4.44. The highest BCUT2D eigenvalue weighted by Gasteiger charge is 2.09. The van der Waals surface area contributed by atoms with Crippen molar-refractivity contribution in [3.63, 3.8) is 0 Å². The van der Waals surface area contributed by atoms with E-state index in [1.165, 1.54) is 17.4 Å². The van der Waals surface area contributed by atoms with Gasteiger partial charge < -0.3 is 0 Å². The molecule has 0 amide bonds. The summed E-state index contributed by atoms with van der Waals surface area (Å²) in [6.07, 6.45) is 1.12. The maximum atomic E-state index is 12.2. The Hall–Kier alpha value is -1.23. The average Bonchev–Trinajstić information content (AvgIpc) is 2.52. The molecule has 68 valence electrons. The number of thiophene rings is 1. The van der Waals surface area contributed by atoms with E-state index >= 15 is 0 Å². The van der Waals surface area contributed by atoms with E-state index in [1.54, 1.807) is 11.4 Å².